The minimum absolute atomic E-state index is 0.157. The van der Waals surface area contributed by atoms with Gasteiger partial charge in [-0.25, -0.2) is 0 Å². The van der Waals surface area contributed by atoms with Crippen LogP contribution in [0.4, 0.5) is 0 Å². The quantitative estimate of drug-likeness (QED) is 0.911. The van der Waals surface area contributed by atoms with Crippen molar-refractivity contribution in [3.8, 4) is 11.4 Å². The Kier molecular flexibility index (Phi) is 3.88. The van der Waals surface area contributed by atoms with Crippen molar-refractivity contribution in [1.82, 2.24) is 10.1 Å². The lowest BCUT2D eigenvalue weighted by molar-refractivity contribution is 0.329. The number of hydrogen-bond acceptors (Lipinski definition) is 4. The number of aromatic nitrogens is 2. The predicted molar refractivity (Wildman–Crippen MR) is 86.0 cm³/mol. The van der Waals surface area contributed by atoms with E-state index in [1.165, 1.54) is 24.0 Å². The van der Waals surface area contributed by atoms with Gasteiger partial charge in [-0.3, -0.25) is 0 Å². The first-order valence-corrected chi connectivity index (χ1v) is 8.15. The molecule has 2 N–H and O–H groups in total. The number of benzene rings is 1. The van der Waals surface area contributed by atoms with Crippen LogP contribution in [0.1, 0.15) is 42.7 Å². The smallest absolute Gasteiger partial charge is 0.228 e. The molecule has 1 aromatic heterocycles. The first kappa shape index (κ1) is 14.7. The summed E-state index contributed by atoms with van der Waals surface area (Å²) >= 11 is 3.58. The highest BCUT2D eigenvalue weighted by atomic mass is 79.9. The molecule has 0 unspecified atom stereocenters. The van der Waals surface area contributed by atoms with E-state index < -0.39 is 0 Å². The summed E-state index contributed by atoms with van der Waals surface area (Å²) < 4.78 is 6.53. The Labute approximate surface area is 133 Å². The van der Waals surface area contributed by atoms with Gasteiger partial charge in [0.25, 0.3) is 0 Å². The third kappa shape index (κ3) is 3.04. The molecule has 0 saturated heterocycles. The van der Waals surface area contributed by atoms with Gasteiger partial charge in [0.15, 0.2) is 0 Å². The maximum absolute atomic E-state index is 6.37. The molecule has 0 bridgehead atoms. The molecule has 0 atom stereocenters. The zero-order valence-corrected chi connectivity index (χ0v) is 14.0. The summed E-state index contributed by atoms with van der Waals surface area (Å²) in [5.74, 6) is 1.29. The van der Waals surface area contributed by atoms with Gasteiger partial charge in [0.2, 0.25) is 11.7 Å². The Morgan fingerprint density at radius 1 is 1.24 bits per heavy atom. The molecule has 1 heterocycles. The summed E-state index contributed by atoms with van der Waals surface area (Å²) in [5.41, 5.74) is 9.54. The van der Waals surface area contributed by atoms with E-state index in [-0.39, 0.29) is 5.54 Å². The second kappa shape index (κ2) is 5.54. The number of hydrogen-bond donors (Lipinski definition) is 1. The van der Waals surface area contributed by atoms with Crippen molar-refractivity contribution in [3.63, 3.8) is 0 Å². The zero-order valence-electron chi connectivity index (χ0n) is 12.4. The van der Waals surface area contributed by atoms with Crippen molar-refractivity contribution in [2.75, 3.05) is 0 Å². The van der Waals surface area contributed by atoms with Crippen molar-refractivity contribution in [2.24, 2.45) is 5.73 Å². The van der Waals surface area contributed by atoms with E-state index in [1.807, 2.05) is 0 Å². The van der Waals surface area contributed by atoms with E-state index in [0.29, 0.717) is 18.1 Å². The monoisotopic (exact) mass is 349 g/mol. The molecule has 0 radical (unpaired) electrons. The van der Waals surface area contributed by atoms with Gasteiger partial charge in [0, 0.05) is 22.0 Å². The number of aryl methyl sites for hydroxylation is 2. The van der Waals surface area contributed by atoms with Crippen LogP contribution in [-0.2, 0) is 6.42 Å². The van der Waals surface area contributed by atoms with Gasteiger partial charge in [-0.1, -0.05) is 33.9 Å². The number of halogens is 1. The molecule has 3 rings (SSSR count). The summed E-state index contributed by atoms with van der Waals surface area (Å²) in [6.07, 6.45) is 5.15. The second-order valence-electron chi connectivity index (χ2n) is 6.18. The Morgan fingerprint density at radius 2 is 1.86 bits per heavy atom. The minimum atomic E-state index is -0.157. The molecule has 0 aliphatic heterocycles. The summed E-state index contributed by atoms with van der Waals surface area (Å²) in [6, 6.07) is 4.14. The van der Waals surface area contributed by atoms with Crippen molar-refractivity contribution in [3.05, 3.63) is 33.6 Å². The van der Waals surface area contributed by atoms with Crippen LogP contribution in [0.3, 0.4) is 0 Å². The lowest BCUT2D eigenvalue weighted by Crippen LogP contribution is -2.38. The topological polar surface area (TPSA) is 64.9 Å². The first-order chi connectivity index (χ1) is 9.97. The van der Waals surface area contributed by atoms with Gasteiger partial charge in [-0.15, -0.1) is 0 Å². The molecule has 21 heavy (non-hydrogen) atoms. The van der Waals surface area contributed by atoms with Crippen LogP contribution < -0.4 is 5.73 Å². The molecular weight excluding hydrogens is 330 g/mol. The Hall–Kier alpha value is -1.20. The normalized spacial score (nSPS) is 17.3. The van der Waals surface area contributed by atoms with Crippen molar-refractivity contribution in [1.29, 1.82) is 0 Å². The average molecular weight is 350 g/mol. The van der Waals surface area contributed by atoms with Gasteiger partial charge >= 0.3 is 0 Å². The van der Waals surface area contributed by atoms with Crippen LogP contribution in [0, 0.1) is 13.8 Å². The van der Waals surface area contributed by atoms with Crippen LogP contribution in [0.15, 0.2) is 21.1 Å². The van der Waals surface area contributed by atoms with Crippen molar-refractivity contribution >= 4 is 15.9 Å². The summed E-state index contributed by atoms with van der Waals surface area (Å²) in [7, 11) is 0. The van der Waals surface area contributed by atoms with E-state index in [2.05, 4.69) is 52.1 Å². The third-order valence-corrected chi connectivity index (χ3v) is 5.52. The van der Waals surface area contributed by atoms with Crippen molar-refractivity contribution in [2.45, 2.75) is 51.5 Å². The first-order valence-electron chi connectivity index (χ1n) is 7.35. The maximum Gasteiger partial charge on any atom is 0.228 e. The molecule has 1 aliphatic rings. The fourth-order valence-electron chi connectivity index (χ4n) is 3.08. The fourth-order valence-corrected chi connectivity index (χ4v) is 3.30. The Bertz CT molecular complexity index is 636. The van der Waals surface area contributed by atoms with Gasteiger partial charge in [0.05, 0.1) is 0 Å². The van der Waals surface area contributed by atoms with Gasteiger partial charge in [-0.2, -0.15) is 4.98 Å². The molecular formula is C16H20BrN3O. The number of nitrogens with zero attached hydrogens (tertiary/aromatic N) is 2. The Balaban J connectivity index is 1.85. The molecule has 5 heteroatoms. The van der Waals surface area contributed by atoms with E-state index in [0.717, 1.165) is 22.9 Å². The Morgan fingerprint density at radius 3 is 2.48 bits per heavy atom. The molecule has 1 aliphatic carbocycles. The fraction of sp³-hybridized carbons (Fsp3) is 0.500. The highest BCUT2D eigenvalue weighted by molar-refractivity contribution is 9.10. The van der Waals surface area contributed by atoms with E-state index in [4.69, 9.17) is 10.3 Å². The molecule has 112 valence electrons. The van der Waals surface area contributed by atoms with Crippen molar-refractivity contribution < 1.29 is 4.52 Å². The highest BCUT2D eigenvalue weighted by Gasteiger charge is 2.31. The number of nitrogens with two attached hydrogens (primary N) is 1. The van der Waals surface area contributed by atoms with E-state index in [1.54, 1.807) is 0 Å². The standard InChI is InChI=1S/C16H20BrN3O/c1-10-7-12(8-11(2)14(10)17)15-19-13(21-20-15)9-16(18)5-3-4-6-16/h7-8H,3-6,9,18H2,1-2H3. The summed E-state index contributed by atoms with van der Waals surface area (Å²) in [5, 5.41) is 4.11. The maximum atomic E-state index is 6.37. The highest BCUT2D eigenvalue weighted by Crippen LogP contribution is 2.31. The van der Waals surface area contributed by atoms with E-state index >= 15 is 0 Å². The molecule has 0 spiro atoms. The summed E-state index contributed by atoms with van der Waals surface area (Å²) in [4.78, 5) is 4.53. The van der Waals surface area contributed by atoms with Gasteiger partial charge < -0.3 is 10.3 Å². The molecule has 1 aromatic carbocycles. The summed E-state index contributed by atoms with van der Waals surface area (Å²) in [6.45, 7) is 4.13. The second-order valence-corrected chi connectivity index (χ2v) is 6.98. The van der Waals surface area contributed by atoms with E-state index in [9.17, 15) is 0 Å². The SMILES string of the molecule is Cc1cc(-c2noc(CC3(N)CCCC3)n2)cc(C)c1Br. The molecule has 0 amide bonds. The average Bonchev–Trinajstić information content (AvgIpc) is 3.05. The predicted octanol–water partition coefficient (Wildman–Crippen LogP) is 3.93. The zero-order chi connectivity index (χ0) is 15.0. The number of rotatable bonds is 3. The third-order valence-electron chi connectivity index (χ3n) is 4.27. The van der Waals surface area contributed by atoms with Crippen LogP contribution in [0.25, 0.3) is 11.4 Å². The lowest BCUT2D eigenvalue weighted by Gasteiger charge is -2.20. The van der Waals surface area contributed by atoms with Crippen LogP contribution in [0.2, 0.25) is 0 Å². The minimum Gasteiger partial charge on any atom is -0.339 e. The largest absolute Gasteiger partial charge is 0.339 e. The molecule has 1 fully saturated rings. The van der Waals surface area contributed by atoms with Crippen LogP contribution in [-0.4, -0.2) is 15.7 Å². The van der Waals surface area contributed by atoms with Crippen LogP contribution >= 0.6 is 15.9 Å². The molecule has 2 aromatic rings. The van der Waals surface area contributed by atoms with Gasteiger partial charge in [0.1, 0.15) is 0 Å². The lowest BCUT2D eigenvalue weighted by atomic mass is 9.95. The van der Waals surface area contributed by atoms with Gasteiger partial charge in [-0.05, 0) is 49.9 Å². The van der Waals surface area contributed by atoms with Crippen LogP contribution in [0.5, 0.6) is 0 Å². The molecule has 4 nitrogen and oxygen atoms in total. The molecule has 1 saturated carbocycles.